The summed E-state index contributed by atoms with van der Waals surface area (Å²) in [4.78, 5) is 0. The van der Waals surface area contributed by atoms with Gasteiger partial charge in [0.1, 0.15) is 11.5 Å². The van der Waals surface area contributed by atoms with Gasteiger partial charge in [-0.1, -0.05) is 70.2 Å². The van der Waals surface area contributed by atoms with Gasteiger partial charge >= 0.3 is 0 Å². The molecule has 0 fully saturated rings. The van der Waals surface area contributed by atoms with Gasteiger partial charge in [-0.15, -0.1) is 0 Å². The third-order valence-electron chi connectivity index (χ3n) is 3.66. The molecule has 0 aliphatic rings. The van der Waals surface area contributed by atoms with E-state index in [0.717, 1.165) is 11.5 Å². The van der Waals surface area contributed by atoms with Gasteiger partial charge < -0.3 is 9.47 Å². The molecule has 0 saturated heterocycles. The van der Waals surface area contributed by atoms with Crippen LogP contribution in [0.5, 0.6) is 11.5 Å². The maximum atomic E-state index is 5.00. The third-order valence-corrected chi connectivity index (χ3v) is 3.66. The number of unbranched alkanes of at least 4 members (excludes halogenated alkanes) is 4. The summed E-state index contributed by atoms with van der Waals surface area (Å²) in [6.45, 7) is 8.58. The van der Waals surface area contributed by atoms with Crippen molar-refractivity contribution in [2.75, 3.05) is 14.2 Å². The maximum absolute atomic E-state index is 5.00. The number of hydrogen-bond donors (Lipinski definition) is 0. The van der Waals surface area contributed by atoms with Crippen molar-refractivity contribution in [1.82, 2.24) is 0 Å². The van der Waals surface area contributed by atoms with Crippen LogP contribution in [-0.4, -0.2) is 14.2 Å². The van der Waals surface area contributed by atoms with E-state index < -0.39 is 0 Å². The van der Waals surface area contributed by atoms with E-state index in [-0.39, 0.29) is 0 Å². The monoisotopic (exact) mass is 344 g/mol. The lowest BCUT2D eigenvalue weighted by Crippen LogP contribution is -1.81. The van der Waals surface area contributed by atoms with Gasteiger partial charge in [-0.2, -0.15) is 0 Å². The molecule has 0 heterocycles. The average Bonchev–Trinajstić information content (AvgIpc) is 2.63. The summed E-state index contributed by atoms with van der Waals surface area (Å²) < 4.78 is 9.99. The summed E-state index contributed by atoms with van der Waals surface area (Å²) in [5.41, 5.74) is 2.46. The summed E-state index contributed by atoms with van der Waals surface area (Å²) in [7, 11) is 3.35. The first-order valence-corrected chi connectivity index (χ1v) is 9.28. The second-order valence-electron chi connectivity index (χ2n) is 6.10. The zero-order valence-electron chi connectivity index (χ0n) is 17.0. The minimum Gasteiger partial charge on any atom is -0.497 e. The highest BCUT2D eigenvalue weighted by atomic mass is 16.5. The zero-order chi connectivity index (χ0) is 18.9. The normalized spacial score (nSPS) is 9.20. The molecule has 0 bridgehead atoms. The molecule has 0 atom stereocenters. The molecule has 2 rings (SSSR count). The second-order valence-corrected chi connectivity index (χ2v) is 6.10. The van der Waals surface area contributed by atoms with Crippen LogP contribution in [0.1, 0.15) is 57.1 Å². The lowest BCUT2D eigenvalue weighted by atomic mass is 10.2. The quantitative estimate of drug-likeness (QED) is 0.526. The number of ether oxygens (including phenoxy) is 2. The smallest absolute Gasteiger partial charge is 0.119 e. The molecule has 0 radical (unpaired) electrons. The van der Waals surface area contributed by atoms with Gasteiger partial charge in [0, 0.05) is 0 Å². The first-order chi connectivity index (χ1) is 12.1. The molecule has 0 aliphatic heterocycles. The first-order valence-electron chi connectivity index (χ1n) is 9.28. The lowest BCUT2D eigenvalue weighted by Gasteiger charge is -1.97. The van der Waals surface area contributed by atoms with Crippen molar-refractivity contribution in [3.63, 3.8) is 0 Å². The molecule has 0 aromatic heterocycles. The Labute approximate surface area is 155 Å². The summed E-state index contributed by atoms with van der Waals surface area (Å²) >= 11 is 0. The average molecular weight is 345 g/mol. The Bertz CT molecular complexity index is 500. The highest BCUT2D eigenvalue weighted by Gasteiger charge is 1.87. The van der Waals surface area contributed by atoms with E-state index in [0.29, 0.717) is 0 Å². The predicted octanol–water partition coefficient (Wildman–Crippen LogP) is 6.98. The topological polar surface area (TPSA) is 18.5 Å². The second kappa shape index (κ2) is 15.6. The number of methoxy groups -OCH3 is 2. The summed E-state index contributed by atoms with van der Waals surface area (Å²) in [6.07, 6.45) is 7.01. The van der Waals surface area contributed by atoms with Crippen LogP contribution in [0.25, 0.3) is 0 Å². The Morgan fingerprint density at radius 3 is 1.28 bits per heavy atom. The summed E-state index contributed by atoms with van der Waals surface area (Å²) in [5, 5.41) is 0. The van der Waals surface area contributed by atoms with Gasteiger partial charge in [0.2, 0.25) is 0 Å². The highest BCUT2D eigenvalue weighted by molar-refractivity contribution is 5.27. The molecule has 140 valence electrons. The Morgan fingerprint density at radius 1 is 0.640 bits per heavy atom. The predicted molar refractivity (Wildman–Crippen MR) is 110 cm³/mol. The van der Waals surface area contributed by atoms with Gasteiger partial charge in [-0.3, -0.25) is 0 Å². The van der Waals surface area contributed by atoms with Crippen LogP contribution in [0.2, 0.25) is 0 Å². The number of aryl methyl sites for hydroxylation is 2. The van der Waals surface area contributed by atoms with E-state index in [2.05, 4.69) is 13.8 Å². The van der Waals surface area contributed by atoms with Crippen LogP contribution in [0, 0.1) is 13.8 Å². The molecular weight excluding hydrogens is 308 g/mol. The molecular formula is C23H36O2. The van der Waals surface area contributed by atoms with Crippen LogP contribution < -0.4 is 9.47 Å². The standard InChI is InChI=1S/2C8H10O.C7H16/c2*1-7-4-3-5-8(6-7)9-2;1-3-5-7-6-4-2/h2*3-6H,1-2H3;3-7H2,1-2H3. The molecule has 25 heavy (non-hydrogen) atoms. The molecule has 2 nitrogen and oxygen atoms in total. The van der Waals surface area contributed by atoms with Gasteiger partial charge in [0.15, 0.2) is 0 Å². The van der Waals surface area contributed by atoms with E-state index in [1.54, 1.807) is 14.2 Å². The Balaban J connectivity index is 0.000000350. The van der Waals surface area contributed by atoms with Crippen LogP contribution in [0.4, 0.5) is 0 Å². The lowest BCUT2D eigenvalue weighted by molar-refractivity contribution is 0.414. The Morgan fingerprint density at radius 2 is 1.04 bits per heavy atom. The summed E-state index contributed by atoms with van der Waals surface area (Å²) in [6, 6.07) is 15.9. The molecule has 0 aliphatic carbocycles. The van der Waals surface area contributed by atoms with Crippen molar-refractivity contribution >= 4 is 0 Å². The van der Waals surface area contributed by atoms with Crippen LogP contribution >= 0.6 is 0 Å². The van der Waals surface area contributed by atoms with Crippen molar-refractivity contribution in [2.24, 2.45) is 0 Å². The molecule has 0 N–H and O–H groups in total. The Hall–Kier alpha value is -1.96. The van der Waals surface area contributed by atoms with Crippen molar-refractivity contribution < 1.29 is 9.47 Å². The van der Waals surface area contributed by atoms with E-state index in [1.165, 1.54) is 43.2 Å². The summed E-state index contributed by atoms with van der Waals surface area (Å²) in [5.74, 6) is 1.85. The van der Waals surface area contributed by atoms with Crippen LogP contribution in [-0.2, 0) is 0 Å². The van der Waals surface area contributed by atoms with E-state index >= 15 is 0 Å². The molecule has 2 aromatic rings. The van der Waals surface area contributed by atoms with Crippen molar-refractivity contribution in [3.8, 4) is 11.5 Å². The molecule has 2 heteroatoms. The molecule has 0 amide bonds. The third kappa shape index (κ3) is 13.1. The molecule has 2 aromatic carbocycles. The SMILES string of the molecule is CCCCCCC.COc1cccc(C)c1.COc1cccc(C)c1. The molecule has 0 spiro atoms. The fourth-order valence-corrected chi connectivity index (χ4v) is 2.16. The van der Waals surface area contributed by atoms with E-state index in [9.17, 15) is 0 Å². The first kappa shape index (κ1) is 23.0. The maximum Gasteiger partial charge on any atom is 0.119 e. The number of benzene rings is 2. The van der Waals surface area contributed by atoms with Crippen LogP contribution in [0.15, 0.2) is 48.5 Å². The zero-order valence-corrected chi connectivity index (χ0v) is 17.0. The fourth-order valence-electron chi connectivity index (χ4n) is 2.16. The number of hydrogen-bond acceptors (Lipinski definition) is 2. The van der Waals surface area contributed by atoms with Crippen molar-refractivity contribution in [3.05, 3.63) is 59.7 Å². The van der Waals surface area contributed by atoms with Crippen molar-refractivity contribution in [2.45, 2.75) is 59.8 Å². The molecule has 0 unspecified atom stereocenters. The van der Waals surface area contributed by atoms with Gasteiger partial charge in [0.05, 0.1) is 14.2 Å². The van der Waals surface area contributed by atoms with Crippen LogP contribution in [0.3, 0.4) is 0 Å². The van der Waals surface area contributed by atoms with Crippen molar-refractivity contribution in [1.29, 1.82) is 0 Å². The fraction of sp³-hybridized carbons (Fsp3) is 0.478. The van der Waals surface area contributed by atoms with Gasteiger partial charge in [-0.25, -0.2) is 0 Å². The van der Waals surface area contributed by atoms with Gasteiger partial charge in [-0.05, 0) is 49.2 Å². The Kier molecular flexibility index (Phi) is 14.3. The highest BCUT2D eigenvalue weighted by Crippen LogP contribution is 2.11. The minimum atomic E-state index is 0.926. The number of rotatable bonds is 6. The van der Waals surface area contributed by atoms with E-state index in [1.807, 2.05) is 62.4 Å². The minimum absolute atomic E-state index is 0.926. The van der Waals surface area contributed by atoms with Gasteiger partial charge in [0.25, 0.3) is 0 Å². The van der Waals surface area contributed by atoms with E-state index in [4.69, 9.17) is 9.47 Å². The largest absolute Gasteiger partial charge is 0.497 e. The molecule has 0 saturated carbocycles.